The van der Waals surface area contributed by atoms with Crippen LogP contribution in [0.2, 0.25) is 0 Å². The van der Waals surface area contributed by atoms with Gasteiger partial charge in [-0.15, -0.1) is 0 Å². The minimum atomic E-state index is -0.0732. The van der Waals surface area contributed by atoms with Gasteiger partial charge in [0.2, 0.25) is 0 Å². The first-order chi connectivity index (χ1) is 14.6. The van der Waals surface area contributed by atoms with Crippen molar-refractivity contribution in [2.75, 3.05) is 6.54 Å². The Bertz CT molecular complexity index is 1160. The zero-order chi connectivity index (χ0) is 20.9. The summed E-state index contributed by atoms with van der Waals surface area (Å²) in [5.74, 6) is 0.716. The quantitative estimate of drug-likeness (QED) is 0.442. The number of hydrogen-bond donors (Lipinski definition) is 2. The Hall–Kier alpha value is -3.53. The monoisotopic (exact) mass is 398 g/mol. The van der Waals surface area contributed by atoms with Gasteiger partial charge in [0.25, 0.3) is 5.91 Å². The van der Waals surface area contributed by atoms with Crippen molar-refractivity contribution in [1.82, 2.24) is 10.3 Å². The first kappa shape index (κ1) is 19.8. The minimum Gasteiger partial charge on any atom is -0.489 e. The average Bonchev–Trinajstić information content (AvgIpc) is 3.10. The van der Waals surface area contributed by atoms with Crippen LogP contribution in [0.15, 0.2) is 72.8 Å². The molecule has 1 aromatic heterocycles. The highest BCUT2D eigenvalue weighted by molar-refractivity contribution is 5.95. The molecule has 0 bridgehead atoms. The Balaban J connectivity index is 1.41. The Kier molecular flexibility index (Phi) is 5.84. The minimum absolute atomic E-state index is 0.0732. The lowest BCUT2D eigenvalue weighted by molar-refractivity contribution is 0.0951. The number of amides is 1. The van der Waals surface area contributed by atoms with E-state index in [2.05, 4.69) is 42.3 Å². The summed E-state index contributed by atoms with van der Waals surface area (Å²) in [6.07, 6.45) is 0.781. The first-order valence-corrected chi connectivity index (χ1v) is 10.2. The molecule has 0 saturated heterocycles. The number of carbonyl (C=O) groups excluding carboxylic acids is 1. The number of ether oxygens (including phenoxy) is 1. The van der Waals surface area contributed by atoms with E-state index >= 15 is 0 Å². The van der Waals surface area contributed by atoms with Crippen molar-refractivity contribution in [3.63, 3.8) is 0 Å². The van der Waals surface area contributed by atoms with E-state index in [0.29, 0.717) is 18.7 Å². The van der Waals surface area contributed by atoms with E-state index in [-0.39, 0.29) is 5.91 Å². The summed E-state index contributed by atoms with van der Waals surface area (Å²) in [6.45, 7) is 5.13. The van der Waals surface area contributed by atoms with E-state index in [1.807, 2.05) is 54.6 Å². The summed E-state index contributed by atoms with van der Waals surface area (Å²) in [4.78, 5) is 16.3. The zero-order valence-corrected chi connectivity index (χ0v) is 17.4. The summed E-state index contributed by atoms with van der Waals surface area (Å²) in [7, 11) is 0. The van der Waals surface area contributed by atoms with Gasteiger partial charge in [-0.1, -0.05) is 54.6 Å². The largest absolute Gasteiger partial charge is 0.489 e. The van der Waals surface area contributed by atoms with Crippen molar-refractivity contribution in [2.45, 2.75) is 26.9 Å². The predicted octanol–water partition coefficient (Wildman–Crippen LogP) is 5.34. The van der Waals surface area contributed by atoms with E-state index < -0.39 is 0 Å². The highest BCUT2D eigenvalue weighted by atomic mass is 16.5. The molecule has 0 aliphatic heterocycles. The number of hydrogen-bond acceptors (Lipinski definition) is 2. The third-order valence-corrected chi connectivity index (χ3v) is 5.42. The molecule has 0 fully saturated rings. The van der Waals surface area contributed by atoms with Crippen molar-refractivity contribution in [1.29, 1.82) is 0 Å². The third kappa shape index (κ3) is 4.23. The van der Waals surface area contributed by atoms with Crippen molar-refractivity contribution < 1.29 is 9.53 Å². The van der Waals surface area contributed by atoms with E-state index in [1.54, 1.807) is 0 Å². The molecule has 0 saturated carbocycles. The maximum atomic E-state index is 12.8. The third-order valence-electron chi connectivity index (χ3n) is 5.42. The van der Waals surface area contributed by atoms with Crippen LogP contribution in [0.25, 0.3) is 10.9 Å². The second-order valence-electron chi connectivity index (χ2n) is 7.49. The van der Waals surface area contributed by atoms with Crippen molar-refractivity contribution in [3.05, 3.63) is 101 Å². The van der Waals surface area contributed by atoms with Crippen LogP contribution in [-0.2, 0) is 13.0 Å². The van der Waals surface area contributed by atoms with E-state index in [4.69, 9.17) is 4.74 Å². The molecule has 1 heterocycles. The molecule has 0 aliphatic rings. The highest BCUT2D eigenvalue weighted by Gasteiger charge is 2.13. The van der Waals surface area contributed by atoms with E-state index in [1.165, 1.54) is 22.0 Å². The molecule has 0 spiro atoms. The molecule has 3 aromatic carbocycles. The standard InChI is InChI=1S/C26H26N2O2/c1-18-9-8-14-24-22(19(2)28-25(18)24)15-16-27-26(29)23-13-7-6-10-20(23)17-30-21-11-4-3-5-12-21/h3-14,28H,15-17H2,1-2H3,(H,27,29). The van der Waals surface area contributed by atoms with Crippen LogP contribution < -0.4 is 10.1 Å². The molecule has 2 N–H and O–H groups in total. The molecule has 0 radical (unpaired) electrons. The van der Waals surface area contributed by atoms with Gasteiger partial charge in [-0.05, 0) is 49.6 Å². The number of carbonyl (C=O) groups is 1. The molecule has 0 unspecified atom stereocenters. The smallest absolute Gasteiger partial charge is 0.251 e. The van der Waals surface area contributed by atoms with Crippen LogP contribution >= 0.6 is 0 Å². The van der Waals surface area contributed by atoms with Crippen molar-refractivity contribution in [3.8, 4) is 5.75 Å². The van der Waals surface area contributed by atoms with Gasteiger partial charge in [0.1, 0.15) is 12.4 Å². The Morgan fingerprint density at radius 2 is 1.70 bits per heavy atom. The fraction of sp³-hybridized carbons (Fsp3) is 0.192. The van der Waals surface area contributed by atoms with Gasteiger partial charge in [-0.25, -0.2) is 0 Å². The fourth-order valence-electron chi connectivity index (χ4n) is 3.81. The van der Waals surface area contributed by atoms with Gasteiger partial charge in [-0.3, -0.25) is 4.79 Å². The topological polar surface area (TPSA) is 54.1 Å². The summed E-state index contributed by atoms with van der Waals surface area (Å²) < 4.78 is 5.84. The number of nitrogens with one attached hydrogen (secondary N) is 2. The molecule has 152 valence electrons. The molecule has 1 amide bonds. The summed E-state index contributed by atoms with van der Waals surface area (Å²) >= 11 is 0. The number of para-hydroxylation sites is 2. The SMILES string of the molecule is Cc1[nH]c2c(C)cccc2c1CCNC(=O)c1ccccc1COc1ccccc1. The second-order valence-corrected chi connectivity index (χ2v) is 7.49. The van der Waals surface area contributed by atoms with E-state index in [0.717, 1.165) is 23.4 Å². The van der Waals surface area contributed by atoms with Crippen molar-refractivity contribution >= 4 is 16.8 Å². The number of benzene rings is 3. The lowest BCUT2D eigenvalue weighted by atomic mass is 10.1. The highest BCUT2D eigenvalue weighted by Crippen LogP contribution is 2.25. The maximum Gasteiger partial charge on any atom is 0.251 e. The first-order valence-electron chi connectivity index (χ1n) is 10.2. The molecular weight excluding hydrogens is 372 g/mol. The van der Waals surface area contributed by atoms with Crippen LogP contribution in [-0.4, -0.2) is 17.4 Å². The lowest BCUT2D eigenvalue weighted by Crippen LogP contribution is -2.27. The van der Waals surface area contributed by atoms with Crippen LogP contribution in [0.4, 0.5) is 0 Å². The van der Waals surface area contributed by atoms with E-state index in [9.17, 15) is 4.79 Å². The van der Waals surface area contributed by atoms with Crippen LogP contribution in [0, 0.1) is 13.8 Å². The fourth-order valence-corrected chi connectivity index (χ4v) is 3.81. The van der Waals surface area contributed by atoms with Crippen LogP contribution in [0.3, 0.4) is 0 Å². The predicted molar refractivity (Wildman–Crippen MR) is 121 cm³/mol. The van der Waals surface area contributed by atoms with Gasteiger partial charge in [0.15, 0.2) is 0 Å². The molecule has 4 aromatic rings. The summed E-state index contributed by atoms with van der Waals surface area (Å²) in [5, 5.41) is 4.31. The van der Waals surface area contributed by atoms with Crippen molar-refractivity contribution in [2.24, 2.45) is 0 Å². The summed E-state index contributed by atoms with van der Waals surface area (Å²) in [5.41, 5.74) is 6.36. The molecule has 4 nitrogen and oxygen atoms in total. The molecule has 30 heavy (non-hydrogen) atoms. The van der Waals surface area contributed by atoms with Gasteiger partial charge in [-0.2, -0.15) is 0 Å². The maximum absolute atomic E-state index is 12.8. The Morgan fingerprint density at radius 1 is 0.933 bits per heavy atom. The molecule has 0 atom stereocenters. The zero-order valence-electron chi connectivity index (χ0n) is 17.4. The average molecular weight is 399 g/mol. The molecular formula is C26H26N2O2. The van der Waals surface area contributed by atoms with Crippen LogP contribution in [0.1, 0.15) is 32.7 Å². The number of aromatic amines is 1. The normalized spacial score (nSPS) is 10.9. The van der Waals surface area contributed by atoms with Crippen LogP contribution in [0.5, 0.6) is 5.75 Å². The van der Waals surface area contributed by atoms with Gasteiger partial charge in [0, 0.05) is 34.3 Å². The number of aryl methyl sites for hydroxylation is 2. The summed E-state index contributed by atoms with van der Waals surface area (Å²) in [6, 6.07) is 23.6. The molecule has 4 rings (SSSR count). The van der Waals surface area contributed by atoms with Gasteiger partial charge in [0.05, 0.1) is 0 Å². The lowest BCUT2D eigenvalue weighted by Gasteiger charge is -2.12. The molecule has 4 heteroatoms. The second kappa shape index (κ2) is 8.87. The Morgan fingerprint density at radius 3 is 2.53 bits per heavy atom. The number of H-pyrrole nitrogens is 1. The number of rotatable bonds is 7. The number of aromatic nitrogens is 1. The Labute approximate surface area is 176 Å². The van der Waals surface area contributed by atoms with Gasteiger partial charge < -0.3 is 15.0 Å². The van der Waals surface area contributed by atoms with Gasteiger partial charge >= 0.3 is 0 Å². The molecule has 0 aliphatic carbocycles. The number of fused-ring (bicyclic) bond motifs is 1.